The molecule has 110 valence electrons. The molecule has 1 atom stereocenters. The minimum Gasteiger partial charge on any atom is -0.160 e. The number of fused-ring (bicyclic) bond motifs is 1. The molecule has 1 aliphatic heterocycles. The largest absolute Gasteiger partial charge is 0.445 e. The van der Waals surface area contributed by atoms with E-state index in [-0.39, 0.29) is 10.8 Å². The zero-order chi connectivity index (χ0) is 14.5. The van der Waals surface area contributed by atoms with Gasteiger partial charge in [0.15, 0.2) is 0 Å². The minimum atomic E-state index is -4.38. The summed E-state index contributed by atoms with van der Waals surface area (Å²) in [6.07, 6.45) is 5.20. The molecular formula is C15H16ClF3S. The Balaban J connectivity index is 2.14. The molecule has 0 nitrogen and oxygen atoms in total. The van der Waals surface area contributed by atoms with E-state index in [1.54, 1.807) is 18.2 Å². The highest BCUT2D eigenvalue weighted by atomic mass is 35.7. The fourth-order valence-corrected chi connectivity index (χ4v) is 6.23. The second-order valence-electron chi connectivity index (χ2n) is 5.38. The summed E-state index contributed by atoms with van der Waals surface area (Å²) in [5.41, 5.74) is -2.65. The quantitative estimate of drug-likeness (QED) is 0.605. The third kappa shape index (κ3) is 1.92. The Kier molecular flexibility index (Phi) is 3.37. The SMILES string of the molecule is CCc1ccc2c(c1)C=C(C1CCC1)S2(Cl)C(F)(F)F. The highest BCUT2D eigenvalue weighted by molar-refractivity contribution is 8.54. The Hall–Kier alpha value is -0.610. The van der Waals surface area contributed by atoms with Gasteiger partial charge >= 0.3 is 5.51 Å². The molecule has 2 aliphatic rings. The molecule has 0 aromatic heterocycles. The molecule has 1 heterocycles. The molecule has 0 radical (unpaired) electrons. The van der Waals surface area contributed by atoms with Crippen molar-refractivity contribution in [3.63, 3.8) is 0 Å². The van der Waals surface area contributed by atoms with Crippen LogP contribution in [-0.4, -0.2) is 5.51 Å². The van der Waals surface area contributed by atoms with Gasteiger partial charge in [0.25, 0.3) is 0 Å². The average molecular weight is 321 g/mol. The second-order valence-corrected chi connectivity index (χ2v) is 9.22. The Morgan fingerprint density at radius 2 is 2.00 bits per heavy atom. The Morgan fingerprint density at radius 3 is 2.50 bits per heavy atom. The van der Waals surface area contributed by atoms with Crippen LogP contribution < -0.4 is 0 Å². The zero-order valence-electron chi connectivity index (χ0n) is 11.1. The van der Waals surface area contributed by atoms with Crippen molar-refractivity contribution in [1.29, 1.82) is 0 Å². The summed E-state index contributed by atoms with van der Waals surface area (Å²) in [7, 11) is 2.86. The lowest BCUT2D eigenvalue weighted by Crippen LogP contribution is -2.23. The number of aryl methyl sites for hydroxylation is 1. The molecule has 1 aromatic rings. The molecule has 0 N–H and O–H groups in total. The topological polar surface area (TPSA) is 0 Å². The van der Waals surface area contributed by atoms with Crippen LogP contribution in [0.15, 0.2) is 28.0 Å². The van der Waals surface area contributed by atoms with Crippen molar-refractivity contribution in [2.45, 2.75) is 43.0 Å². The van der Waals surface area contributed by atoms with Gasteiger partial charge in [0.05, 0.1) is 0 Å². The van der Waals surface area contributed by atoms with Gasteiger partial charge in [-0.3, -0.25) is 0 Å². The molecule has 1 aliphatic carbocycles. The lowest BCUT2D eigenvalue weighted by atomic mass is 9.84. The molecular weight excluding hydrogens is 305 g/mol. The third-order valence-electron chi connectivity index (χ3n) is 4.23. The van der Waals surface area contributed by atoms with Gasteiger partial charge in [0.1, 0.15) is 0 Å². The molecule has 3 rings (SSSR count). The molecule has 0 bridgehead atoms. The molecule has 1 fully saturated rings. The third-order valence-corrected chi connectivity index (χ3v) is 8.51. The summed E-state index contributed by atoms with van der Waals surface area (Å²) < 4.78 is 40.9. The lowest BCUT2D eigenvalue weighted by Gasteiger charge is -2.40. The second kappa shape index (κ2) is 4.70. The van der Waals surface area contributed by atoms with E-state index in [2.05, 4.69) is 0 Å². The highest BCUT2D eigenvalue weighted by Crippen LogP contribution is 2.81. The Labute approximate surface area is 122 Å². The molecule has 0 spiro atoms. The van der Waals surface area contributed by atoms with Gasteiger partial charge in [-0.05, 0) is 73.3 Å². The van der Waals surface area contributed by atoms with Crippen LogP contribution in [0.25, 0.3) is 6.08 Å². The van der Waals surface area contributed by atoms with Gasteiger partial charge in [-0.25, -0.2) is 0 Å². The van der Waals surface area contributed by atoms with E-state index in [0.717, 1.165) is 31.2 Å². The monoisotopic (exact) mass is 320 g/mol. The smallest absolute Gasteiger partial charge is 0.160 e. The van der Waals surface area contributed by atoms with Crippen LogP contribution in [0, 0.1) is 5.92 Å². The number of hydrogen-bond donors (Lipinski definition) is 0. The molecule has 1 unspecified atom stereocenters. The van der Waals surface area contributed by atoms with E-state index >= 15 is 0 Å². The van der Waals surface area contributed by atoms with E-state index in [9.17, 15) is 13.2 Å². The summed E-state index contributed by atoms with van der Waals surface area (Å²) >= 11 is 0. The molecule has 0 amide bonds. The predicted molar refractivity (Wildman–Crippen MR) is 78.9 cm³/mol. The fraction of sp³-hybridized carbons (Fsp3) is 0.467. The fourth-order valence-electron chi connectivity index (χ4n) is 2.85. The van der Waals surface area contributed by atoms with Gasteiger partial charge in [-0.15, -0.1) is 0 Å². The standard InChI is InChI=1S/C15H16ClF3S/c1-2-10-6-7-13-12(8-10)9-14(11-4-3-5-11)20(13,16)15(17,18)19/h6-9,11H,2-5H2,1H3. The number of halogens is 4. The van der Waals surface area contributed by atoms with Crippen LogP contribution >= 0.6 is 19.9 Å². The summed E-state index contributed by atoms with van der Waals surface area (Å²) in [6, 6.07) is 5.22. The van der Waals surface area contributed by atoms with Gasteiger partial charge in [-0.2, -0.15) is 13.2 Å². The summed E-state index contributed by atoms with van der Waals surface area (Å²) in [4.78, 5) is 0.715. The summed E-state index contributed by atoms with van der Waals surface area (Å²) in [5.74, 6) is 0.0154. The molecule has 1 saturated carbocycles. The van der Waals surface area contributed by atoms with Crippen molar-refractivity contribution in [2.75, 3.05) is 0 Å². The number of hydrogen-bond acceptors (Lipinski definition) is 0. The minimum absolute atomic E-state index is 0.0154. The lowest BCUT2D eigenvalue weighted by molar-refractivity contribution is -0.0362. The van der Waals surface area contributed by atoms with Crippen molar-refractivity contribution in [3.05, 3.63) is 34.2 Å². The number of alkyl halides is 3. The first-order valence-corrected chi connectivity index (χ1v) is 9.27. The van der Waals surface area contributed by atoms with Crippen LogP contribution in [0.1, 0.15) is 37.3 Å². The summed E-state index contributed by atoms with van der Waals surface area (Å²) in [6.45, 7) is 2.00. The van der Waals surface area contributed by atoms with Crippen molar-refractivity contribution in [1.82, 2.24) is 0 Å². The van der Waals surface area contributed by atoms with Crippen molar-refractivity contribution < 1.29 is 13.2 Å². The van der Waals surface area contributed by atoms with Gasteiger partial charge < -0.3 is 0 Å². The van der Waals surface area contributed by atoms with Crippen molar-refractivity contribution >= 4 is 26.0 Å². The van der Waals surface area contributed by atoms with Crippen molar-refractivity contribution in [2.24, 2.45) is 5.92 Å². The van der Waals surface area contributed by atoms with Crippen molar-refractivity contribution in [3.8, 4) is 0 Å². The van der Waals surface area contributed by atoms with E-state index in [1.165, 1.54) is 0 Å². The first-order valence-electron chi connectivity index (χ1n) is 6.81. The van der Waals surface area contributed by atoms with Gasteiger partial charge in [0.2, 0.25) is 0 Å². The zero-order valence-corrected chi connectivity index (χ0v) is 12.7. The average Bonchev–Trinajstić information content (AvgIpc) is 2.61. The Bertz CT molecular complexity index is 575. The van der Waals surface area contributed by atoms with E-state index in [0.29, 0.717) is 10.5 Å². The van der Waals surface area contributed by atoms with Crippen LogP contribution in [0.3, 0.4) is 0 Å². The maximum Gasteiger partial charge on any atom is 0.445 e. The normalized spacial score (nSPS) is 29.4. The number of rotatable bonds is 2. The maximum atomic E-state index is 13.6. The van der Waals surface area contributed by atoms with Crippen LogP contribution in [0.2, 0.25) is 0 Å². The van der Waals surface area contributed by atoms with Gasteiger partial charge in [-0.1, -0.05) is 25.5 Å². The summed E-state index contributed by atoms with van der Waals surface area (Å²) in [5, 5.41) is 0. The molecule has 1 aromatic carbocycles. The van der Waals surface area contributed by atoms with Gasteiger partial charge in [0, 0.05) is 4.90 Å². The van der Waals surface area contributed by atoms with E-state index in [4.69, 9.17) is 10.7 Å². The van der Waals surface area contributed by atoms with E-state index < -0.39 is 14.7 Å². The van der Waals surface area contributed by atoms with Crippen LogP contribution in [-0.2, 0) is 6.42 Å². The highest BCUT2D eigenvalue weighted by Gasteiger charge is 2.57. The first kappa shape index (κ1) is 14.3. The van der Waals surface area contributed by atoms with Crippen LogP contribution in [0.5, 0.6) is 0 Å². The van der Waals surface area contributed by atoms with E-state index in [1.807, 2.05) is 13.0 Å². The number of benzene rings is 1. The Morgan fingerprint density at radius 1 is 1.30 bits per heavy atom. The maximum absolute atomic E-state index is 13.6. The number of allylic oxidation sites excluding steroid dienone is 1. The molecule has 0 saturated heterocycles. The first-order chi connectivity index (χ1) is 9.38. The molecule has 5 heteroatoms. The predicted octanol–water partition coefficient (Wildman–Crippen LogP) is 6.24. The molecule has 20 heavy (non-hydrogen) atoms. The van der Waals surface area contributed by atoms with Crippen LogP contribution in [0.4, 0.5) is 13.2 Å².